The van der Waals surface area contributed by atoms with Crippen LogP contribution in [0.3, 0.4) is 0 Å². The van der Waals surface area contributed by atoms with Gasteiger partial charge in [0.15, 0.2) is 5.79 Å². The van der Waals surface area contributed by atoms with Gasteiger partial charge in [0.1, 0.15) is 6.61 Å². The minimum Gasteiger partial charge on any atom is -0.364 e. The van der Waals surface area contributed by atoms with Gasteiger partial charge in [-0.2, -0.15) is 0 Å². The molecule has 3 N–H and O–H groups in total. The molecule has 0 radical (unpaired) electrons. The molecule has 1 atom stereocenters. The van der Waals surface area contributed by atoms with Gasteiger partial charge >= 0.3 is 7.82 Å². The van der Waals surface area contributed by atoms with Crippen LogP contribution in [0.4, 0.5) is 0 Å². The van der Waals surface area contributed by atoms with Crippen LogP contribution in [0.1, 0.15) is 6.92 Å². The molecule has 0 aromatic heterocycles. The Morgan fingerprint density at radius 2 is 2.15 bits per heavy atom. The Morgan fingerprint density at radius 3 is 2.54 bits per heavy atom. The van der Waals surface area contributed by atoms with E-state index in [2.05, 4.69) is 11.1 Å². The van der Waals surface area contributed by atoms with Gasteiger partial charge in [-0.05, 0) is 6.92 Å². The maximum absolute atomic E-state index is 10.2. The molecule has 0 spiro atoms. The molecule has 0 amide bonds. The average Bonchev–Trinajstić information content (AvgIpc) is 1.97. The lowest BCUT2D eigenvalue weighted by molar-refractivity contribution is -0.201. The number of hydrogen-bond acceptors (Lipinski definition) is 4. The van der Waals surface area contributed by atoms with Gasteiger partial charge in [0.05, 0.1) is 6.61 Å². The van der Waals surface area contributed by atoms with Crippen molar-refractivity contribution in [2.45, 2.75) is 12.7 Å². The molecule has 13 heavy (non-hydrogen) atoms. The summed E-state index contributed by atoms with van der Waals surface area (Å²) in [5.41, 5.74) is 0. The van der Waals surface area contributed by atoms with Crippen LogP contribution in [0.25, 0.3) is 0 Å². The highest BCUT2D eigenvalue weighted by Gasteiger charge is 2.26. The lowest BCUT2D eigenvalue weighted by Gasteiger charge is -2.22. The van der Waals surface area contributed by atoms with Crippen molar-refractivity contribution in [3.63, 3.8) is 0 Å². The van der Waals surface area contributed by atoms with Crippen LogP contribution in [0.2, 0.25) is 0 Å². The van der Waals surface area contributed by atoms with E-state index in [4.69, 9.17) is 14.5 Å². The van der Waals surface area contributed by atoms with E-state index in [1.54, 1.807) is 0 Å². The molecule has 0 fully saturated rings. The van der Waals surface area contributed by atoms with E-state index >= 15 is 0 Å². The Bertz CT molecular complexity index is 207. The average molecular weight is 212 g/mol. The number of aliphatic hydroxyl groups is 1. The number of phosphoric ester groups is 1. The largest absolute Gasteiger partial charge is 0.469 e. The van der Waals surface area contributed by atoms with E-state index in [1.807, 2.05) is 0 Å². The first-order valence-electron chi connectivity index (χ1n) is 3.44. The highest BCUT2D eigenvalue weighted by atomic mass is 31.2. The number of hydrogen-bond donors (Lipinski definition) is 3. The molecule has 78 valence electrons. The van der Waals surface area contributed by atoms with E-state index in [0.717, 1.165) is 0 Å². The molecule has 0 rings (SSSR count). The SMILES string of the molecule is C=CCOC(C)(O)COP(=O)(O)O. The van der Waals surface area contributed by atoms with Crippen LogP contribution in [-0.4, -0.2) is 33.9 Å². The lowest BCUT2D eigenvalue weighted by Crippen LogP contribution is -2.33. The molecule has 0 aromatic rings. The molecule has 0 aliphatic carbocycles. The van der Waals surface area contributed by atoms with Gasteiger partial charge in [0.25, 0.3) is 0 Å². The van der Waals surface area contributed by atoms with Crippen molar-refractivity contribution in [1.82, 2.24) is 0 Å². The first-order chi connectivity index (χ1) is 5.77. The molecule has 0 saturated carbocycles. The van der Waals surface area contributed by atoms with Gasteiger partial charge in [0, 0.05) is 0 Å². The van der Waals surface area contributed by atoms with Gasteiger partial charge in [-0.15, -0.1) is 6.58 Å². The summed E-state index contributed by atoms with van der Waals surface area (Å²) in [6, 6.07) is 0. The second-order valence-electron chi connectivity index (χ2n) is 2.54. The third kappa shape index (κ3) is 8.11. The molecule has 0 heterocycles. The third-order valence-electron chi connectivity index (χ3n) is 1.01. The van der Waals surface area contributed by atoms with Crippen molar-refractivity contribution in [2.24, 2.45) is 0 Å². The van der Waals surface area contributed by atoms with Gasteiger partial charge in [0.2, 0.25) is 0 Å². The number of ether oxygens (including phenoxy) is 1. The second-order valence-corrected chi connectivity index (χ2v) is 3.78. The zero-order chi connectivity index (χ0) is 10.5. The van der Waals surface area contributed by atoms with Crippen LogP contribution in [0.5, 0.6) is 0 Å². The molecule has 0 aliphatic rings. The smallest absolute Gasteiger partial charge is 0.364 e. The minimum atomic E-state index is -4.56. The molecule has 0 saturated heterocycles. The molecule has 1 unspecified atom stereocenters. The molecule has 0 bridgehead atoms. The first kappa shape index (κ1) is 12.8. The van der Waals surface area contributed by atoms with E-state index in [9.17, 15) is 9.67 Å². The topological polar surface area (TPSA) is 96.2 Å². The standard InChI is InChI=1S/C6H13O6P/c1-3-4-11-6(2,7)5-12-13(8,9)10/h3,7H,1,4-5H2,2H3,(H2,8,9,10). The van der Waals surface area contributed by atoms with Crippen LogP contribution < -0.4 is 0 Å². The summed E-state index contributed by atoms with van der Waals surface area (Å²) >= 11 is 0. The molecular weight excluding hydrogens is 199 g/mol. The summed E-state index contributed by atoms with van der Waals surface area (Å²) in [7, 11) is -4.56. The molecule has 7 heteroatoms. The van der Waals surface area contributed by atoms with Gasteiger partial charge in [-0.3, -0.25) is 4.52 Å². The predicted molar refractivity (Wildman–Crippen MR) is 44.8 cm³/mol. The van der Waals surface area contributed by atoms with E-state index < -0.39 is 20.2 Å². The predicted octanol–water partition coefficient (Wildman–Crippen LogP) is 0.00680. The zero-order valence-corrected chi connectivity index (χ0v) is 8.11. The van der Waals surface area contributed by atoms with Crippen molar-refractivity contribution in [3.05, 3.63) is 12.7 Å². The normalized spacial score (nSPS) is 16.6. The second kappa shape index (κ2) is 4.85. The van der Waals surface area contributed by atoms with Crippen molar-refractivity contribution in [3.8, 4) is 0 Å². The van der Waals surface area contributed by atoms with Gasteiger partial charge in [-0.1, -0.05) is 6.08 Å². The summed E-state index contributed by atoms with van der Waals surface area (Å²) in [4.78, 5) is 16.6. The summed E-state index contributed by atoms with van der Waals surface area (Å²) in [5, 5.41) is 9.27. The maximum Gasteiger partial charge on any atom is 0.469 e. The fraction of sp³-hybridized carbons (Fsp3) is 0.667. The molecular formula is C6H13O6P. The zero-order valence-electron chi connectivity index (χ0n) is 7.21. The Morgan fingerprint density at radius 1 is 1.62 bits per heavy atom. The summed E-state index contributed by atoms with van der Waals surface area (Å²) in [6.07, 6.45) is 1.39. The lowest BCUT2D eigenvalue weighted by atomic mass is 10.3. The Kier molecular flexibility index (Phi) is 4.77. The van der Waals surface area contributed by atoms with E-state index in [1.165, 1.54) is 13.0 Å². The van der Waals surface area contributed by atoms with Crippen molar-refractivity contribution in [1.29, 1.82) is 0 Å². The fourth-order valence-electron chi connectivity index (χ4n) is 0.484. The fourth-order valence-corrected chi connectivity index (χ4v) is 0.892. The van der Waals surface area contributed by atoms with Crippen molar-refractivity contribution >= 4 is 7.82 Å². The van der Waals surface area contributed by atoms with E-state index in [0.29, 0.717) is 0 Å². The van der Waals surface area contributed by atoms with Crippen molar-refractivity contribution < 1.29 is 28.7 Å². The Hall–Kier alpha value is -0.230. The Balaban J connectivity index is 3.88. The minimum absolute atomic E-state index is 0.0670. The van der Waals surface area contributed by atoms with Gasteiger partial charge < -0.3 is 19.6 Å². The highest BCUT2D eigenvalue weighted by molar-refractivity contribution is 7.46. The highest BCUT2D eigenvalue weighted by Crippen LogP contribution is 2.36. The quantitative estimate of drug-likeness (QED) is 0.326. The summed E-state index contributed by atoms with van der Waals surface area (Å²) < 4.78 is 19.0. The van der Waals surface area contributed by atoms with Crippen LogP contribution in [0, 0.1) is 0 Å². The summed E-state index contributed by atoms with van der Waals surface area (Å²) in [6.45, 7) is 4.03. The third-order valence-corrected chi connectivity index (χ3v) is 1.48. The molecule has 6 nitrogen and oxygen atoms in total. The van der Waals surface area contributed by atoms with Crippen LogP contribution in [0.15, 0.2) is 12.7 Å². The first-order valence-corrected chi connectivity index (χ1v) is 4.97. The van der Waals surface area contributed by atoms with Gasteiger partial charge in [-0.25, -0.2) is 4.57 Å². The Labute approximate surface area is 76.0 Å². The molecule has 0 aromatic carbocycles. The van der Waals surface area contributed by atoms with Crippen LogP contribution in [-0.2, 0) is 13.8 Å². The molecule has 0 aliphatic heterocycles. The number of phosphoric acid groups is 1. The maximum atomic E-state index is 10.2. The summed E-state index contributed by atoms with van der Waals surface area (Å²) in [5.74, 6) is -1.73. The monoisotopic (exact) mass is 212 g/mol. The van der Waals surface area contributed by atoms with Crippen LogP contribution >= 0.6 is 7.82 Å². The van der Waals surface area contributed by atoms with E-state index in [-0.39, 0.29) is 6.61 Å². The number of rotatable bonds is 6. The van der Waals surface area contributed by atoms with Crippen molar-refractivity contribution in [2.75, 3.05) is 13.2 Å².